The van der Waals surface area contributed by atoms with E-state index < -0.39 is 0 Å². The number of rotatable bonds is 4. The van der Waals surface area contributed by atoms with Crippen molar-refractivity contribution in [2.45, 2.75) is 18.6 Å². The Labute approximate surface area is 147 Å². The van der Waals surface area contributed by atoms with Crippen LogP contribution in [0.1, 0.15) is 34.5 Å². The van der Waals surface area contributed by atoms with Crippen LogP contribution < -0.4 is 4.74 Å². The van der Waals surface area contributed by atoms with Crippen LogP contribution in [-0.2, 0) is 0 Å². The Kier molecular flexibility index (Phi) is 5.75. The molecule has 0 saturated carbocycles. The number of aromatic nitrogens is 1. The largest absolute Gasteiger partial charge is 0.478 e. The van der Waals surface area contributed by atoms with Crippen LogP contribution in [0.5, 0.6) is 5.88 Å². The number of hydrogen-bond donors (Lipinski definition) is 0. The van der Waals surface area contributed by atoms with E-state index in [1.807, 2.05) is 29.7 Å². The lowest BCUT2D eigenvalue weighted by molar-refractivity contribution is 0.0766. The molecule has 0 N–H and O–H groups in total. The summed E-state index contributed by atoms with van der Waals surface area (Å²) < 4.78 is 5.33. The molecule has 0 aliphatic carbocycles. The molecule has 1 aliphatic heterocycles. The summed E-state index contributed by atoms with van der Waals surface area (Å²) in [7, 11) is 0. The summed E-state index contributed by atoms with van der Waals surface area (Å²) in [5.41, 5.74) is 1.97. The highest BCUT2D eigenvalue weighted by Crippen LogP contribution is 2.34. The van der Waals surface area contributed by atoms with Gasteiger partial charge in [0.15, 0.2) is 0 Å². The summed E-state index contributed by atoms with van der Waals surface area (Å²) in [5.74, 6) is 1.57. The van der Waals surface area contributed by atoms with Crippen LogP contribution in [0.25, 0.3) is 0 Å². The molecular formula is C19H22N2O2S. The summed E-state index contributed by atoms with van der Waals surface area (Å²) in [6.45, 7) is 4.04. The smallest absolute Gasteiger partial charge is 0.255 e. The number of carbonyl (C=O) groups is 1. The third kappa shape index (κ3) is 4.09. The zero-order valence-corrected chi connectivity index (χ0v) is 14.7. The maximum absolute atomic E-state index is 12.7. The van der Waals surface area contributed by atoms with Gasteiger partial charge in [-0.05, 0) is 25.0 Å². The Bertz CT molecular complexity index is 661. The van der Waals surface area contributed by atoms with Gasteiger partial charge in [0, 0.05) is 36.4 Å². The number of thioether (sulfide) groups is 1. The van der Waals surface area contributed by atoms with Crippen molar-refractivity contribution in [2.24, 2.45) is 0 Å². The van der Waals surface area contributed by atoms with E-state index in [2.05, 4.69) is 29.2 Å². The topological polar surface area (TPSA) is 42.4 Å². The predicted molar refractivity (Wildman–Crippen MR) is 97.6 cm³/mol. The Morgan fingerprint density at radius 1 is 1.25 bits per heavy atom. The van der Waals surface area contributed by atoms with E-state index in [0.29, 0.717) is 23.3 Å². The normalized spacial score (nSPS) is 18.0. The molecular weight excluding hydrogens is 320 g/mol. The fourth-order valence-corrected chi connectivity index (χ4v) is 4.06. The van der Waals surface area contributed by atoms with Crippen LogP contribution in [0.2, 0.25) is 0 Å². The van der Waals surface area contributed by atoms with Crippen molar-refractivity contribution in [1.29, 1.82) is 0 Å². The first-order valence-electron chi connectivity index (χ1n) is 8.32. The molecule has 1 aliphatic rings. The molecule has 0 bridgehead atoms. The molecule has 2 heterocycles. The quantitative estimate of drug-likeness (QED) is 0.847. The number of hydrogen-bond acceptors (Lipinski definition) is 4. The van der Waals surface area contributed by atoms with Crippen LogP contribution in [0.15, 0.2) is 48.7 Å². The molecule has 3 rings (SSSR count). The molecule has 1 aromatic carbocycles. The molecule has 0 radical (unpaired) electrons. The number of nitrogens with zero attached hydrogens (tertiary/aromatic N) is 2. The van der Waals surface area contributed by atoms with Gasteiger partial charge in [0.05, 0.1) is 12.2 Å². The molecule has 4 nitrogen and oxygen atoms in total. The van der Waals surface area contributed by atoms with Crippen LogP contribution in [0.4, 0.5) is 0 Å². The second-order valence-electron chi connectivity index (χ2n) is 5.67. The number of carbonyl (C=O) groups excluding carboxylic acids is 1. The minimum atomic E-state index is 0.0554. The first kappa shape index (κ1) is 16.8. The average Bonchev–Trinajstić information content (AvgIpc) is 2.89. The van der Waals surface area contributed by atoms with Crippen molar-refractivity contribution in [3.05, 3.63) is 59.8 Å². The van der Waals surface area contributed by atoms with Gasteiger partial charge in [0.1, 0.15) is 0 Å². The highest BCUT2D eigenvalue weighted by Gasteiger charge is 2.23. The van der Waals surface area contributed by atoms with Crippen molar-refractivity contribution >= 4 is 17.7 Å². The van der Waals surface area contributed by atoms with E-state index in [1.165, 1.54) is 5.56 Å². The second-order valence-corrected chi connectivity index (χ2v) is 6.98. The monoisotopic (exact) mass is 342 g/mol. The lowest BCUT2D eigenvalue weighted by atomic mass is 10.1. The van der Waals surface area contributed by atoms with E-state index in [0.717, 1.165) is 25.3 Å². The third-order valence-electron chi connectivity index (χ3n) is 4.08. The van der Waals surface area contributed by atoms with Crippen LogP contribution in [0, 0.1) is 0 Å². The molecule has 2 aromatic rings. The summed E-state index contributed by atoms with van der Waals surface area (Å²) in [6.07, 6.45) is 2.59. The molecule has 1 fully saturated rings. The fraction of sp³-hybridized carbons (Fsp3) is 0.368. The lowest BCUT2D eigenvalue weighted by Gasteiger charge is -2.20. The third-order valence-corrected chi connectivity index (χ3v) is 5.40. The van der Waals surface area contributed by atoms with E-state index >= 15 is 0 Å². The standard InChI is InChI=1S/C19H22N2O2S/c1-2-23-18-9-8-16(14-20-18)19(22)21-11-10-17(24-13-12-21)15-6-4-3-5-7-15/h3-9,14,17H,2,10-13H2,1H3. The van der Waals surface area contributed by atoms with Gasteiger partial charge in [-0.3, -0.25) is 4.79 Å². The van der Waals surface area contributed by atoms with Gasteiger partial charge in [0.25, 0.3) is 5.91 Å². The number of benzene rings is 1. The lowest BCUT2D eigenvalue weighted by Crippen LogP contribution is -2.33. The van der Waals surface area contributed by atoms with Gasteiger partial charge in [0.2, 0.25) is 5.88 Å². The Hall–Kier alpha value is -2.01. The van der Waals surface area contributed by atoms with Gasteiger partial charge in [-0.1, -0.05) is 30.3 Å². The van der Waals surface area contributed by atoms with E-state index in [9.17, 15) is 4.79 Å². The van der Waals surface area contributed by atoms with Gasteiger partial charge >= 0.3 is 0 Å². The zero-order valence-electron chi connectivity index (χ0n) is 13.9. The van der Waals surface area contributed by atoms with Gasteiger partial charge in [-0.2, -0.15) is 11.8 Å². The molecule has 126 valence electrons. The second kappa shape index (κ2) is 8.20. The number of pyridine rings is 1. The molecule has 1 amide bonds. The van der Waals surface area contributed by atoms with Crippen LogP contribution in [-0.4, -0.2) is 41.2 Å². The maximum Gasteiger partial charge on any atom is 0.255 e. The fourth-order valence-electron chi connectivity index (χ4n) is 2.83. The van der Waals surface area contributed by atoms with Crippen molar-refractivity contribution in [3.8, 4) is 5.88 Å². The van der Waals surface area contributed by atoms with Crippen LogP contribution >= 0.6 is 11.8 Å². The highest BCUT2D eigenvalue weighted by molar-refractivity contribution is 7.99. The molecule has 24 heavy (non-hydrogen) atoms. The maximum atomic E-state index is 12.7. The molecule has 1 saturated heterocycles. The minimum absolute atomic E-state index is 0.0554. The SMILES string of the molecule is CCOc1ccc(C(=O)N2CCSC(c3ccccc3)CC2)cn1. The van der Waals surface area contributed by atoms with E-state index in [1.54, 1.807) is 18.3 Å². The number of amides is 1. The van der Waals surface area contributed by atoms with Gasteiger partial charge < -0.3 is 9.64 Å². The summed E-state index contributed by atoms with van der Waals surface area (Å²) in [6, 6.07) is 14.1. The molecule has 1 atom stereocenters. The van der Waals surface area contributed by atoms with Gasteiger partial charge in [-0.25, -0.2) is 4.98 Å². The summed E-state index contributed by atoms with van der Waals surface area (Å²) >= 11 is 1.93. The zero-order chi connectivity index (χ0) is 16.8. The molecule has 5 heteroatoms. The van der Waals surface area contributed by atoms with Crippen LogP contribution in [0.3, 0.4) is 0 Å². The van der Waals surface area contributed by atoms with Crippen molar-refractivity contribution in [3.63, 3.8) is 0 Å². The van der Waals surface area contributed by atoms with E-state index in [4.69, 9.17) is 4.74 Å². The highest BCUT2D eigenvalue weighted by atomic mass is 32.2. The predicted octanol–water partition coefficient (Wildman–Crippen LogP) is 3.80. The summed E-state index contributed by atoms with van der Waals surface area (Å²) in [5, 5.41) is 0.461. The number of ether oxygens (including phenoxy) is 1. The van der Waals surface area contributed by atoms with Crippen molar-refractivity contribution in [2.75, 3.05) is 25.4 Å². The Morgan fingerprint density at radius 3 is 2.79 bits per heavy atom. The van der Waals surface area contributed by atoms with Crippen molar-refractivity contribution in [1.82, 2.24) is 9.88 Å². The molecule has 0 spiro atoms. The Balaban J connectivity index is 1.64. The first-order chi connectivity index (χ1) is 11.8. The average molecular weight is 342 g/mol. The van der Waals surface area contributed by atoms with Crippen molar-refractivity contribution < 1.29 is 9.53 Å². The minimum Gasteiger partial charge on any atom is -0.478 e. The molecule has 1 unspecified atom stereocenters. The first-order valence-corrected chi connectivity index (χ1v) is 9.37. The molecule has 1 aromatic heterocycles. The summed E-state index contributed by atoms with van der Waals surface area (Å²) in [4.78, 5) is 18.8. The Morgan fingerprint density at radius 2 is 2.08 bits per heavy atom. The van der Waals surface area contributed by atoms with E-state index in [-0.39, 0.29) is 5.91 Å². The van der Waals surface area contributed by atoms with Gasteiger partial charge in [-0.15, -0.1) is 0 Å².